The lowest BCUT2D eigenvalue weighted by atomic mass is 9.97. The Morgan fingerprint density at radius 1 is 0.800 bits per heavy atom. The van der Waals surface area contributed by atoms with Crippen LogP contribution < -0.4 is 0 Å². The van der Waals surface area contributed by atoms with Crippen LogP contribution in [-0.4, -0.2) is 4.98 Å². The summed E-state index contributed by atoms with van der Waals surface area (Å²) in [5.74, 6) is 0. The predicted molar refractivity (Wildman–Crippen MR) is 85.2 cm³/mol. The van der Waals surface area contributed by atoms with E-state index in [0.29, 0.717) is 0 Å². The quantitative estimate of drug-likeness (QED) is 0.639. The zero-order valence-electron chi connectivity index (χ0n) is 11.2. The maximum atomic E-state index is 4.41. The predicted octanol–water partition coefficient (Wildman–Crippen LogP) is 5.06. The molecule has 0 saturated heterocycles. The van der Waals surface area contributed by atoms with Gasteiger partial charge in [0.2, 0.25) is 0 Å². The van der Waals surface area contributed by atoms with E-state index in [1.54, 1.807) is 0 Å². The van der Waals surface area contributed by atoms with Gasteiger partial charge in [0.25, 0.3) is 0 Å². The van der Waals surface area contributed by atoms with Crippen LogP contribution in [-0.2, 0) is 0 Å². The first-order chi connectivity index (χ1) is 9.88. The van der Waals surface area contributed by atoms with Gasteiger partial charge in [0.05, 0.1) is 5.69 Å². The molecule has 0 atom stereocenters. The first-order valence-corrected chi connectivity index (χ1v) is 6.62. The van der Waals surface area contributed by atoms with E-state index < -0.39 is 0 Å². The highest BCUT2D eigenvalue weighted by Crippen LogP contribution is 2.28. The van der Waals surface area contributed by atoms with Gasteiger partial charge in [-0.3, -0.25) is 4.98 Å². The second kappa shape index (κ2) is 5.54. The van der Waals surface area contributed by atoms with Crippen LogP contribution in [0, 0.1) is 0 Å². The van der Waals surface area contributed by atoms with Crippen molar-refractivity contribution >= 4 is 6.08 Å². The van der Waals surface area contributed by atoms with E-state index in [2.05, 4.69) is 54.0 Å². The van der Waals surface area contributed by atoms with E-state index in [9.17, 15) is 0 Å². The van der Waals surface area contributed by atoms with Crippen molar-refractivity contribution in [2.45, 2.75) is 0 Å². The SMILES string of the molecule is C=Cc1ccccc1-c1cccc(-c2ccccn2)c1. The minimum atomic E-state index is 0.991. The number of hydrogen-bond acceptors (Lipinski definition) is 1. The van der Waals surface area contributed by atoms with E-state index in [4.69, 9.17) is 0 Å². The third-order valence-electron chi connectivity index (χ3n) is 3.31. The van der Waals surface area contributed by atoms with Crippen LogP contribution in [0.25, 0.3) is 28.5 Å². The lowest BCUT2D eigenvalue weighted by Gasteiger charge is -2.08. The number of aromatic nitrogens is 1. The molecule has 96 valence electrons. The Bertz CT molecular complexity index is 730. The second-order valence-electron chi connectivity index (χ2n) is 4.59. The van der Waals surface area contributed by atoms with Crippen molar-refractivity contribution in [2.24, 2.45) is 0 Å². The monoisotopic (exact) mass is 257 g/mol. The molecule has 3 rings (SSSR count). The summed E-state index contributed by atoms with van der Waals surface area (Å²) in [5, 5.41) is 0. The van der Waals surface area contributed by atoms with Gasteiger partial charge in [-0.1, -0.05) is 61.2 Å². The van der Waals surface area contributed by atoms with Gasteiger partial charge >= 0.3 is 0 Å². The van der Waals surface area contributed by atoms with E-state index in [1.807, 2.05) is 36.5 Å². The molecule has 0 unspecified atom stereocenters. The Morgan fingerprint density at radius 2 is 1.60 bits per heavy atom. The highest BCUT2D eigenvalue weighted by Gasteiger charge is 2.04. The average molecular weight is 257 g/mol. The fourth-order valence-electron chi connectivity index (χ4n) is 2.32. The third-order valence-corrected chi connectivity index (χ3v) is 3.31. The number of rotatable bonds is 3. The summed E-state index contributed by atoms with van der Waals surface area (Å²) in [6.45, 7) is 3.89. The molecule has 1 nitrogen and oxygen atoms in total. The summed E-state index contributed by atoms with van der Waals surface area (Å²) in [6.07, 6.45) is 3.71. The average Bonchev–Trinajstić information content (AvgIpc) is 2.56. The van der Waals surface area contributed by atoms with Gasteiger partial charge in [0.1, 0.15) is 0 Å². The fraction of sp³-hybridized carbons (Fsp3) is 0. The van der Waals surface area contributed by atoms with Crippen LogP contribution in [0.1, 0.15) is 5.56 Å². The van der Waals surface area contributed by atoms with Crippen molar-refractivity contribution in [3.63, 3.8) is 0 Å². The lowest BCUT2D eigenvalue weighted by Crippen LogP contribution is -1.85. The summed E-state index contributed by atoms with van der Waals surface area (Å²) in [4.78, 5) is 4.41. The van der Waals surface area contributed by atoms with Crippen molar-refractivity contribution in [3.8, 4) is 22.4 Å². The van der Waals surface area contributed by atoms with E-state index in [0.717, 1.165) is 16.8 Å². The zero-order chi connectivity index (χ0) is 13.8. The Balaban J connectivity index is 2.10. The zero-order valence-corrected chi connectivity index (χ0v) is 11.2. The minimum absolute atomic E-state index is 0.991. The van der Waals surface area contributed by atoms with Crippen LogP contribution in [0.15, 0.2) is 79.5 Å². The number of benzene rings is 2. The summed E-state index contributed by atoms with van der Waals surface area (Å²) >= 11 is 0. The summed E-state index contributed by atoms with van der Waals surface area (Å²) in [7, 11) is 0. The molecule has 0 aliphatic rings. The molecular weight excluding hydrogens is 242 g/mol. The Hall–Kier alpha value is -2.67. The second-order valence-corrected chi connectivity index (χ2v) is 4.59. The molecular formula is C19H15N. The van der Waals surface area contributed by atoms with Gasteiger partial charge in [0.15, 0.2) is 0 Å². The molecule has 1 heteroatoms. The standard InChI is InChI=1S/C19H15N/c1-2-15-8-3-4-11-18(15)16-9-7-10-17(14-16)19-12-5-6-13-20-19/h2-14H,1H2. The number of pyridine rings is 1. The molecule has 0 aliphatic carbocycles. The number of nitrogens with zero attached hydrogens (tertiary/aromatic N) is 1. The number of hydrogen-bond donors (Lipinski definition) is 0. The molecule has 1 heterocycles. The van der Waals surface area contributed by atoms with E-state index >= 15 is 0 Å². The Labute approximate surface area is 119 Å². The summed E-state index contributed by atoms with van der Waals surface area (Å²) < 4.78 is 0. The van der Waals surface area contributed by atoms with Gasteiger partial charge < -0.3 is 0 Å². The maximum absolute atomic E-state index is 4.41. The van der Waals surface area contributed by atoms with E-state index in [1.165, 1.54) is 11.1 Å². The topological polar surface area (TPSA) is 12.9 Å². The molecule has 0 saturated carbocycles. The van der Waals surface area contributed by atoms with Crippen LogP contribution in [0.3, 0.4) is 0 Å². The molecule has 0 aliphatic heterocycles. The molecule has 3 aromatic rings. The molecule has 0 bridgehead atoms. The highest BCUT2D eigenvalue weighted by atomic mass is 14.7. The van der Waals surface area contributed by atoms with Crippen molar-refractivity contribution in [1.29, 1.82) is 0 Å². The molecule has 0 radical (unpaired) electrons. The van der Waals surface area contributed by atoms with Gasteiger partial charge in [-0.25, -0.2) is 0 Å². The highest BCUT2D eigenvalue weighted by molar-refractivity contribution is 5.77. The first-order valence-electron chi connectivity index (χ1n) is 6.62. The molecule has 20 heavy (non-hydrogen) atoms. The van der Waals surface area contributed by atoms with Crippen molar-refractivity contribution in [3.05, 3.63) is 85.1 Å². The Morgan fingerprint density at radius 3 is 2.40 bits per heavy atom. The normalized spacial score (nSPS) is 10.2. The first kappa shape index (κ1) is 12.4. The molecule has 0 fully saturated rings. The lowest BCUT2D eigenvalue weighted by molar-refractivity contribution is 1.33. The van der Waals surface area contributed by atoms with Gasteiger partial charge in [-0.2, -0.15) is 0 Å². The van der Waals surface area contributed by atoms with Crippen LogP contribution in [0.4, 0.5) is 0 Å². The molecule has 2 aromatic carbocycles. The smallest absolute Gasteiger partial charge is 0.0702 e. The minimum Gasteiger partial charge on any atom is -0.256 e. The van der Waals surface area contributed by atoms with Gasteiger partial charge in [0, 0.05) is 11.8 Å². The van der Waals surface area contributed by atoms with Crippen LogP contribution in [0.2, 0.25) is 0 Å². The van der Waals surface area contributed by atoms with Crippen molar-refractivity contribution < 1.29 is 0 Å². The summed E-state index contributed by atoms with van der Waals surface area (Å²) in [6, 6.07) is 22.7. The van der Waals surface area contributed by atoms with E-state index in [-0.39, 0.29) is 0 Å². The summed E-state index contributed by atoms with van der Waals surface area (Å²) in [5.41, 5.74) is 5.64. The molecule has 0 N–H and O–H groups in total. The molecule has 0 spiro atoms. The molecule has 1 aromatic heterocycles. The largest absolute Gasteiger partial charge is 0.256 e. The third kappa shape index (κ3) is 2.39. The molecule has 0 amide bonds. The maximum Gasteiger partial charge on any atom is 0.0702 e. The van der Waals surface area contributed by atoms with Gasteiger partial charge in [-0.05, 0) is 34.9 Å². The Kier molecular flexibility index (Phi) is 3.42. The van der Waals surface area contributed by atoms with Crippen LogP contribution >= 0.6 is 0 Å². The fourth-order valence-corrected chi connectivity index (χ4v) is 2.32. The van der Waals surface area contributed by atoms with Crippen LogP contribution in [0.5, 0.6) is 0 Å². The van der Waals surface area contributed by atoms with Crippen molar-refractivity contribution in [2.75, 3.05) is 0 Å². The van der Waals surface area contributed by atoms with Gasteiger partial charge in [-0.15, -0.1) is 0 Å². The van der Waals surface area contributed by atoms with Crippen molar-refractivity contribution in [1.82, 2.24) is 4.98 Å².